The van der Waals surface area contributed by atoms with Crippen LogP contribution in [0.3, 0.4) is 0 Å². The predicted octanol–water partition coefficient (Wildman–Crippen LogP) is 3.03. The summed E-state index contributed by atoms with van der Waals surface area (Å²) in [6.45, 7) is 0. The van der Waals surface area contributed by atoms with Gasteiger partial charge >= 0.3 is 0 Å². The molecule has 3 rings (SSSR count). The molecule has 2 heterocycles. The fourth-order valence-electron chi connectivity index (χ4n) is 2.08. The van der Waals surface area contributed by atoms with Crippen molar-refractivity contribution in [3.63, 3.8) is 0 Å². The summed E-state index contributed by atoms with van der Waals surface area (Å²) in [4.78, 5) is 3.99. The maximum absolute atomic E-state index is 5.97. The van der Waals surface area contributed by atoms with Gasteiger partial charge in [0.15, 0.2) is 0 Å². The number of nitrogens with one attached hydrogen (secondary N) is 1. The molecule has 96 valence electrons. The number of pyridine rings is 1. The molecule has 1 atom stereocenters. The van der Waals surface area contributed by atoms with Gasteiger partial charge in [0, 0.05) is 22.8 Å². The summed E-state index contributed by atoms with van der Waals surface area (Å²) in [5.41, 5.74) is 4.53. The molecule has 3 N–H and O–H groups in total. The number of nitrogens with two attached hydrogens (primary N) is 1. The fraction of sp³-hybridized carbons (Fsp3) is 0.0714. The molecule has 2 aromatic heterocycles. The van der Waals surface area contributed by atoms with Gasteiger partial charge in [0.1, 0.15) is 17.4 Å². The molecule has 0 spiro atoms. The van der Waals surface area contributed by atoms with Crippen LogP contribution in [-0.4, -0.2) is 4.98 Å². The van der Waals surface area contributed by atoms with Gasteiger partial charge in [-0.05, 0) is 42.0 Å². The van der Waals surface area contributed by atoms with Gasteiger partial charge in [-0.25, -0.2) is 5.43 Å². The molecule has 0 bridgehead atoms. The van der Waals surface area contributed by atoms with Gasteiger partial charge in [-0.2, -0.15) is 0 Å². The topological polar surface area (TPSA) is 64.1 Å². The SMILES string of the molecule is NNC(c1ccncc1)c1cc2cc(Cl)ccc2o1. The number of nitrogens with zero attached hydrogens (tertiary/aromatic N) is 1. The van der Waals surface area contributed by atoms with E-state index in [1.165, 1.54) is 0 Å². The van der Waals surface area contributed by atoms with Gasteiger partial charge in [0.05, 0.1) is 0 Å². The number of hydrogen-bond donors (Lipinski definition) is 2. The molecule has 0 fully saturated rings. The number of rotatable bonds is 3. The Morgan fingerprint density at radius 2 is 1.95 bits per heavy atom. The number of fused-ring (bicyclic) bond motifs is 1. The summed E-state index contributed by atoms with van der Waals surface area (Å²) in [5, 5.41) is 1.64. The van der Waals surface area contributed by atoms with Crippen LogP contribution in [-0.2, 0) is 0 Å². The highest BCUT2D eigenvalue weighted by atomic mass is 35.5. The predicted molar refractivity (Wildman–Crippen MR) is 74.6 cm³/mol. The van der Waals surface area contributed by atoms with Crippen LogP contribution in [0.4, 0.5) is 0 Å². The Balaban J connectivity index is 2.07. The molecule has 0 aliphatic rings. The molecule has 3 aromatic rings. The highest BCUT2D eigenvalue weighted by molar-refractivity contribution is 6.31. The zero-order valence-corrected chi connectivity index (χ0v) is 10.8. The molecule has 1 aromatic carbocycles. The van der Waals surface area contributed by atoms with E-state index in [9.17, 15) is 0 Å². The summed E-state index contributed by atoms with van der Waals surface area (Å²) < 4.78 is 5.81. The fourth-order valence-corrected chi connectivity index (χ4v) is 2.26. The van der Waals surface area contributed by atoms with Gasteiger partial charge in [-0.3, -0.25) is 10.8 Å². The van der Waals surface area contributed by atoms with E-state index in [4.69, 9.17) is 21.9 Å². The molecule has 0 saturated carbocycles. The summed E-state index contributed by atoms with van der Waals surface area (Å²) in [7, 11) is 0. The van der Waals surface area contributed by atoms with E-state index in [1.54, 1.807) is 18.5 Å². The third-order valence-electron chi connectivity index (χ3n) is 2.99. The molecule has 1 unspecified atom stereocenters. The van der Waals surface area contributed by atoms with Crippen LogP contribution in [0.25, 0.3) is 11.0 Å². The lowest BCUT2D eigenvalue weighted by Crippen LogP contribution is -2.28. The van der Waals surface area contributed by atoms with Crippen molar-refractivity contribution in [2.75, 3.05) is 0 Å². The van der Waals surface area contributed by atoms with Crippen molar-refractivity contribution in [3.05, 3.63) is 65.1 Å². The van der Waals surface area contributed by atoms with Gasteiger partial charge in [-0.1, -0.05) is 11.6 Å². The largest absolute Gasteiger partial charge is 0.459 e. The molecule has 19 heavy (non-hydrogen) atoms. The van der Waals surface area contributed by atoms with Crippen molar-refractivity contribution >= 4 is 22.6 Å². The highest BCUT2D eigenvalue weighted by Gasteiger charge is 2.17. The second-order valence-corrected chi connectivity index (χ2v) is 4.65. The standard InChI is InChI=1S/C14H12ClN3O/c15-11-1-2-12-10(7-11)8-13(19-12)14(18-16)9-3-5-17-6-4-9/h1-8,14,18H,16H2. The minimum absolute atomic E-state index is 0.214. The van der Waals surface area contributed by atoms with Crippen LogP contribution in [0, 0.1) is 0 Å². The monoisotopic (exact) mass is 273 g/mol. The molecular weight excluding hydrogens is 262 g/mol. The molecule has 4 nitrogen and oxygen atoms in total. The van der Waals surface area contributed by atoms with Gasteiger partial charge < -0.3 is 4.42 Å². The number of halogens is 1. The van der Waals surface area contributed by atoms with Gasteiger partial charge in [-0.15, -0.1) is 0 Å². The molecular formula is C14H12ClN3O. The summed E-state index contributed by atoms with van der Waals surface area (Å²) in [6, 6.07) is 11.0. The number of furan rings is 1. The average Bonchev–Trinajstić information content (AvgIpc) is 2.83. The van der Waals surface area contributed by atoms with E-state index in [2.05, 4.69) is 10.4 Å². The zero-order valence-electron chi connectivity index (χ0n) is 10.0. The Hall–Kier alpha value is -1.88. The van der Waals surface area contributed by atoms with Crippen LogP contribution < -0.4 is 11.3 Å². The van der Waals surface area contributed by atoms with Crippen molar-refractivity contribution < 1.29 is 4.42 Å². The van der Waals surface area contributed by atoms with Crippen LogP contribution in [0.1, 0.15) is 17.4 Å². The van der Waals surface area contributed by atoms with Crippen LogP contribution in [0.2, 0.25) is 5.02 Å². The Morgan fingerprint density at radius 1 is 1.16 bits per heavy atom. The molecule has 0 amide bonds. The maximum atomic E-state index is 5.97. The molecule has 5 heteroatoms. The second kappa shape index (κ2) is 5.01. The Kier molecular flexibility index (Phi) is 3.21. The van der Waals surface area contributed by atoms with E-state index in [-0.39, 0.29) is 6.04 Å². The minimum atomic E-state index is -0.214. The van der Waals surface area contributed by atoms with Gasteiger partial charge in [0.25, 0.3) is 0 Å². The van der Waals surface area contributed by atoms with Crippen molar-refractivity contribution in [2.24, 2.45) is 5.84 Å². The molecule has 0 aliphatic carbocycles. The second-order valence-electron chi connectivity index (χ2n) is 4.21. The van der Waals surface area contributed by atoms with E-state index >= 15 is 0 Å². The van der Waals surface area contributed by atoms with Crippen LogP contribution in [0.15, 0.2) is 53.2 Å². The lowest BCUT2D eigenvalue weighted by Gasteiger charge is -2.12. The van der Waals surface area contributed by atoms with Crippen LogP contribution in [0.5, 0.6) is 0 Å². The summed E-state index contributed by atoms with van der Waals surface area (Å²) in [6.07, 6.45) is 3.44. The van der Waals surface area contributed by atoms with Crippen molar-refractivity contribution in [1.82, 2.24) is 10.4 Å². The average molecular weight is 274 g/mol. The van der Waals surface area contributed by atoms with Crippen molar-refractivity contribution in [1.29, 1.82) is 0 Å². The highest BCUT2D eigenvalue weighted by Crippen LogP contribution is 2.29. The lowest BCUT2D eigenvalue weighted by atomic mass is 10.1. The maximum Gasteiger partial charge on any atom is 0.134 e. The van der Waals surface area contributed by atoms with E-state index in [0.717, 1.165) is 22.3 Å². The number of hydrogen-bond acceptors (Lipinski definition) is 4. The number of benzene rings is 1. The molecule has 0 radical (unpaired) electrons. The van der Waals surface area contributed by atoms with E-state index < -0.39 is 0 Å². The summed E-state index contributed by atoms with van der Waals surface area (Å²) in [5.74, 6) is 6.37. The zero-order chi connectivity index (χ0) is 13.2. The van der Waals surface area contributed by atoms with Gasteiger partial charge in [0.2, 0.25) is 0 Å². The van der Waals surface area contributed by atoms with E-state index in [0.29, 0.717) is 5.02 Å². The smallest absolute Gasteiger partial charge is 0.134 e. The van der Waals surface area contributed by atoms with Crippen molar-refractivity contribution in [3.8, 4) is 0 Å². The first-order valence-electron chi connectivity index (χ1n) is 5.83. The Labute approximate surface area is 115 Å². The van der Waals surface area contributed by atoms with Crippen LogP contribution >= 0.6 is 11.6 Å². The first-order valence-corrected chi connectivity index (χ1v) is 6.21. The minimum Gasteiger partial charge on any atom is -0.459 e. The first kappa shape index (κ1) is 12.2. The number of hydrazine groups is 1. The lowest BCUT2D eigenvalue weighted by molar-refractivity contribution is 0.477. The molecule has 0 aliphatic heterocycles. The normalized spacial score (nSPS) is 12.7. The summed E-state index contributed by atoms with van der Waals surface area (Å²) >= 11 is 5.97. The number of aromatic nitrogens is 1. The first-order chi connectivity index (χ1) is 9.28. The Morgan fingerprint density at radius 3 is 2.68 bits per heavy atom. The molecule has 0 saturated heterocycles. The van der Waals surface area contributed by atoms with Crippen molar-refractivity contribution in [2.45, 2.75) is 6.04 Å². The third kappa shape index (κ3) is 2.33. The van der Waals surface area contributed by atoms with E-state index in [1.807, 2.05) is 30.3 Å². The quantitative estimate of drug-likeness (QED) is 0.569. The third-order valence-corrected chi connectivity index (χ3v) is 3.22. The Bertz CT molecular complexity index is 696.